The second-order valence-electron chi connectivity index (χ2n) is 5.25. The van der Waals surface area contributed by atoms with Crippen molar-refractivity contribution in [2.24, 2.45) is 5.92 Å². The van der Waals surface area contributed by atoms with Gasteiger partial charge in [-0.05, 0) is 43.5 Å². The summed E-state index contributed by atoms with van der Waals surface area (Å²) in [6.45, 7) is 4.40. The number of ketones is 1. The molecule has 0 aromatic heterocycles. The number of hydrogen-bond acceptors (Lipinski definition) is 3. The van der Waals surface area contributed by atoms with E-state index in [2.05, 4.69) is 11.8 Å². The van der Waals surface area contributed by atoms with E-state index >= 15 is 0 Å². The van der Waals surface area contributed by atoms with Gasteiger partial charge in [-0.2, -0.15) is 0 Å². The lowest BCUT2D eigenvalue weighted by Gasteiger charge is -2.30. The molecule has 104 valence electrons. The van der Waals surface area contributed by atoms with Gasteiger partial charge in [-0.3, -0.25) is 9.69 Å². The Morgan fingerprint density at radius 3 is 3.00 bits per heavy atom. The molecule has 0 radical (unpaired) electrons. The van der Waals surface area contributed by atoms with E-state index in [-0.39, 0.29) is 5.78 Å². The highest BCUT2D eigenvalue weighted by molar-refractivity contribution is 6.00. The van der Waals surface area contributed by atoms with Crippen molar-refractivity contribution in [3.8, 4) is 5.75 Å². The number of benzene rings is 1. The highest BCUT2D eigenvalue weighted by atomic mass is 19.1. The molecule has 0 N–H and O–H groups in total. The standard InChI is InChI=1S/C15H20FNO2/c1-11-4-3-7-17(9-11)10-14(18)13-8-12(16)5-6-15(13)19-2/h5-6,8,11H,3-4,7,9-10H2,1-2H3. The van der Waals surface area contributed by atoms with Crippen LogP contribution >= 0.6 is 0 Å². The number of rotatable bonds is 4. The van der Waals surface area contributed by atoms with Crippen molar-refractivity contribution in [3.05, 3.63) is 29.6 Å². The summed E-state index contributed by atoms with van der Waals surface area (Å²) in [7, 11) is 1.49. The quantitative estimate of drug-likeness (QED) is 0.784. The number of piperidine rings is 1. The average molecular weight is 265 g/mol. The molecular weight excluding hydrogens is 245 g/mol. The first-order chi connectivity index (χ1) is 9.10. The predicted molar refractivity (Wildman–Crippen MR) is 72.1 cm³/mol. The monoisotopic (exact) mass is 265 g/mol. The molecule has 1 atom stereocenters. The fourth-order valence-corrected chi connectivity index (χ4v) is 2.62. The molecule has 1 saturated heterocycles. The molecule has 0 bridgehead atoms. The SMILES string of the molecule is COc1ccc(F)cc1C(=O)CN1CCCC(C)C1. The van der Waals surface area contributed by atoms with Crippen molar-refractivity contribution in [1.29, 1.82) is 0 Å². The van der Waals surface area contributed by atoms with E-state index in [1.54, 1.807) is 0 Å². The zero-order valence-electron chi connectivity index (χ0n) is 11.5. The fraction of sp³-hybridized carbons (Fsp3) is 0.533. The Morgan fingerprint density at radius 2 is 2.32 bits per heavy atom. The second kappa shape index (κ2) is 6.15. The second-order valence-corrected chi connectivity index (χ2v) is 5.25. The number of halogens is 1. The highest BCUT2D eigenvalue weighted by Gasteiger charge is 2.21. The zero-order valence-corrected chi connectivity index (χ0v) is 11.5. The molecule has 0 saturated carbocycles. The fourth-order valence-electron chi connectivity index (χ4n) is 2.62. The van der Waals surface area contributed by atoms with Gasteiger partial charge in [0.1, 0.15) is 11.6 Å². The molecule has 1 heterocycles. The molecule has 1 fully saturated rings. The van der Waals surface area contributed by atoms with Crippen molar-refractivity contribution in [2.75, 3.05) is 26.7 Å². The van der Waals surface area contributed by atoms with Gasteiger partial charge < -0.3 is 4.74 Å². The number of methoxy groups -OCH3 is 1. The Balaban J connectivity index is 2.09. The molecular formula is C15H20FNO2. The molecule has 0 amide bonds. The van der Waals surface area contributed by atoms with Crippen LogP contribution < -0.4 is 4.74 Å². The number of carbonyl (C=O) groups is 1. The van der Waals surface area contributed by atoms with Crippen molar-refractivity contribution >= 4 is 5.78 Å². The summed E-state index contributed by atoms with van der Waals surface area (Å²) in [5.41, 5.74) is 0.334. The van der Waals surface area contributed by atoms with E-state index in [1.807, 2.05) is 0 Å². The number of ether oxygens (including phenoxy) is 1. The van der Waals surface area contributed by atoms with Gasteiger partial charge in [0.15, 0.2) is 5.78 Å². The van der Waals surface area contributed by atoms with Gasteiger partial charge in [0, 0.05) is 6.54 Å². The molecule has 0 spiro atoms. The van der Waals surface area contributed by atoms with Crippen LogP contribution in [0.25, 0.3) is 0 Å². The normalized spacial score (nSPS) is 20.3. The minimum Gasteiger partial charge on any atom is -0.496 e. The zero-order chi connectivity index (χ0) is 13.8. The summed E-state index contributed by atoms with van der Waals surface area (Å²) in [6, 6.07) is 4.06. The topological polar surface area (TPSA) is 29.5 Å². The summed E-state index contributed by atoms with van der Waals surface area (Å²) < 4.78 is 18.4. The molecule has 3 nitrogen and oxygen atoms in total. The molecule has 4 heteroatoms. The minimum absolute atomic E-state index is 0.0783. The van der Waals surface area contributed by atoms with Gasteiger partial charge in [-0.25, -0.2) is 4.39 Å². The summed E-state index contributed by atoms with van der Waals surface area (Å²) in [4.78, 5) is 14.4. The number of hydrogen-bond donors (Lipinski definition) is 0. The van der Waals surface area contributed by atoms with Crippen molar-refractivity contribution < 1.29 is 13.9 Å². The van der Waals surface area contributed by atoms with Crippen molar-refractivity contribution in [3.63, 3.8) is 0 Å². The number of carbonyl (C=O) groups excluding carboxylic acids is 1. The number of likely N-dealkylation sites (tertiary alicyclic amines) is 1. The van der Waals surface area contributed by atoms with Gasteiger partial charge in [0.25, 0.3) is 0 Å². The van der Waals surface area contributed by atoms with Gasteiger partial charge in [-0.1, -0.05) is 6.92 Å². The number of Topliss-reactive ketones (excluding diaryl/α,β-unsaturated/α-hetero) is 1. The third-order valence-corrected chi connectivity index (χ3v) is 3.57. The Kier molecular flexibility index (Phi) is 4.53. The van der Waals surface area contributed by atoms with E-state index in [4.69, 9.17) is 4.74 Å². The van der Waals surface area contributed by atoms with E-state index in [0.717, 1.165) is 19.5 Å². The van der Waals surface area contributed by atoms with Crippen LogP contribution in [0.4, 0.5) is 4.39 Å². The molecule has 1 unspecified atom stereocenters. The molecule has 1 aliphatic heterocycles. The van der Waals surface area contributed by atoms with Crippen LogP contribution in [0.1, 0.15) is 30.1 Å². The first kappa shape index (κ1) is 14.0. The predicted octanol–water partition coefficient (Wildman–Crippen LogP) is 2.75. The van der Waals surface area contributed by atoms with Crippen LogP contribution in [-0.4, -0.2) is 37.4 Å². The third-order valence-electron chi connectivity index (χ3n) is 3.57. The van der Waals surface area contributed by atoms with Gasteiger partial charge in [0.2, 0.25) is 0 Å². The van der Waals surface area contributed by atoms with Gasteiger partial charge in [-0.15, -0.1) is 0 Å². The number of nitrogens with zero attached hydrogens (tertiary/aromatic N) is 1. The summed E-state index contributed by atoms with van der Waals surface area (Å²) in [5.74, 6) is 0.578. The summed E-state index contributed by atoms with van der Waals surface area (Å²) in [5, 5.41) is 0. The smallest absolute Gasteiger partial charge is 0.180 e. The largest absolute Gasteiger partial charge is 0.496 e. The molecule has 1 aliphatic rings. The minimum atomic E-state index is -0.406. The van der Waals surface area contributed by atoms with Crippen LogP contribution in [0.3, 0.4) is 0 Å². The van der Waals surface area contributed by atoms with Crippen molar-refractivity contribution in [2.45, 2.75) is 19.8 Å². The molecule has 2 rings (SSSR count). The first-order valence-corrected chi connectivity index (χ1v) is 6.69. The Morgan fingerprint density at radius 1 is 1.53 bits per heavy atom. The van der Waals surface area contributed by atoms with Crippen LogP contribution in [-0.2, 0) is 0 Å². The van der Waals surface area contributed by atoms with E-state index in [0.29, 0.717) is 23.8 Å². The lowest BCUT2D eigenvalue weighted by atomic mass is 9.99. The molecule has 1 aromatic rings. The maximum absolute atomic E-state index is 13.3. The molecule has 1 aromatic carbocycles. The van der Waals surface area contributed by atoms with E-state index < -0.39 is 5.82 Å². The van der Waals surface area contributed by atoms with E-state index in [9.17, 15) is 9.18 Å². The van der Waals surface area contributed by atoms with Gasteiger partial charge in [0.05, 0.1) is 19.2 Å². The molecule has 0 aliphatic carbocycles. The van der Waals surface area contributed by atoms with Gasteiger partial charge >= 0.3 is 0 Å². The van der Waals surface area contributed by atoms with Crippen LogP contribution in [0.5, 0.6) is 5.75 Å². The lowest BCUT2D eigenvalue weighted by molar-refractivity contribution is 0.0889. The summed E-state index contributed by atoms with van der Waals surface area (Å²) >= 11 is 0. The lowest BCUT2D eigenvalue weighted by Crippen LogP contribution is -2.38. The maximum Gasteiger partial charge on any atom is 0.180 e. The van der Waals surface area contributed by atoms with Crippen LogP contribution in [0, 0.1) is 11.7 Å². The highest BCUT2D eigenvalue weighted by Crippen LogP contribution is 2.21. The third kappa shape index (κ3) is 3.53. The Bertz CT molecular complexity index is 461. The van der Waals surface area contributed by atoms with Crippen LogP contribution in [0.2, 0.25) is 0 Å². The summed E-state index contributed by atoms with van der Waals surface area (Å²) in [6.07, 6.45) is 2.34. The van der Waals surface area contributed by atoms with Crippen molar-refractivity contribution in [1.82, 2.24) is 4.90 Å². The Labute approximate surface area is 113 Å². The maximum atomic E-state index is 13.3. The first-order valence-electron chi connectivity index (χ1n) is 6.69. The molecule has 19 heavy (non-hydrogen) atoms. The van der Waals surface area contributed by atoms with Crippen LogP contribution in [0.15, 0.2) is 18.2 Å². The average Bonchev–Trinajstić information content (AvgIpc) is 2.38. The Hall–Kier alpha value is -1.42. The van der Waals surface area contributed by atoms with E-state index in [1.165, 1.54) is 31.7 Å².